The van der Waals surface area contributed by atoms with Gasteiger partial charge in [0.25, 0.3) is 0 Å². The number of esters is 1. The van der Waals surface area contributed by atoms with E-state index < -0.39 is 11.8 Å². The number of piperidine rings is 1. The number of ether oxygens (including phenoxy) is 2. The van der Waals surface area contributed by atoms with Gasteiger partial charge in [-0.05, 0) is 37.5 Å². The van der Waals surface area contributed by atoms with Gasteiger partial charge in [-0.2, -0.15) is 0 Å². The van der Waals surface area contributed by atoms with Crippen molar-refractivity contribution in [3.8, 4) is 0 Å². The molecule has 0 amide bonds. The van der Waals surface area contributed by atoms with Gasteiger partial charge in [0, 0.05) is 36.4 Å². The molecule has 0 aromatic carbocycles. The third kappa shape index (κ3) is 2.75. The van der Waals surface area contributed by atoms with E-state index >= 15 is 0 Å². The number of pyridine rings is 1. The van der Waals surface area contributed by atoms with E-state index in [1.54, 1.807) is 18.5 Å². The van der Waals surface area contributed by atoms with Crippen LogP contribution in [-0.4, -0.2) is 46.8 Å². The van der Waals surface area contributed by atoms with E-state index in [9.17, 15) is 9.59 Å². The molecule has 0 saturated carbocycles. The van der Waals surface area contributed by atoms with E-state index in [2.05, 4.69) is 9.97 Å². The van der Waals surface area contributed by atoms with Gasteiger partial charge in [-0.15, -0.1) is 0 Å². The van der Waals surface area contributed by atoms with Gasteiger partial charge in [-0.25, -0.2) is 9.78 Å². The first-order chi connectivity index (χ1) is 12.7. The molecule has 0 atom stereocenters. The highest BCUT2D eigenvalue weighted by Gasteiger charge is 2.39. The number of carbonyl (C=O) groups excluding carboxylic acids is 2. The van der Waals surface area contributed by atoms with E-state index in [0.29, 0.717) is 5.88 Å². The van der Waals surface area contributed by atoms with Gasteiger partial charge in [0.05, 0.1) is 7.11 Å². The first-order valence-electron chi connectivity index (χ1n) is 8.63. The molecule has 4 heterocycles. The van der Waals surface area contributed by atoms with E-state index in [-0.39, 0.29) is 11.3 Å². The molecule has 0 aliphatic carbocycles. The molecule has 7 heteroatoms. The van der Waals surface area contributed by atoms with Crippen LogP contribution in [0.2, 0.25) is 0 Å². The largest absolute Gasteiger partial charge is 0.465 e. The molecular formula is C19H19N3O4. The van der Waals surface area contributed by atoms with Crippen LogP contribution >= 0.6 is 0 Å². The lowest BCUT2D eigenvalue weighted by Gasteiger charge is -2.28. The Morgan fingerprint density at radius 3 is 2.92 bits per heavy atom. The summed E-state index contributed by atoms with van der Waals surface area (Å²) in [5.74, 6) is -0.684. The topological polar surface area (TPSA) is 84.5 Å². The quantitative estimate of drug-likeness (QED) is 0.518. The van der Waals surface area contributed by atoms with Gasteiger partial charge in [0.1, 0.15) is 5.65 Å². The fourth-order valence-corrected chi connectivity index (χ4v) is 3.36. The lowest BCUT2D eigenvalue weighted by atomic mass is 10.1. The second kappa shape index (κ2) is 6.67. The Bertz CT molecular complexity index is 935. The number of rotatable bonds is 3. The van der Waals surface area contributed by atoms with Crippen molar-refractivity contribution in [3.05, 3.63) is 47.3 Å². The number of H-pyrrole nitrogens is 1. The molecule has 134 valence electrons. The lowest BCUT2D eigenvalue weighted by Crippen LogP contribution is -2.31. The molecule has 7 nitrogen and oxygen atoms in total. The van der Waals surface area contributed by atoms with Crippen molar-refractivity contribution in [1.29, 1.82) is 0 Å². The molecule has 1 fully saturated rings. The normalized spacial score (nSPS) is 19.3. The van der Waals surface area contributed by atoms with Crippen LogP contribution in [-0.2, 0) is 19.1 Å². The SMILES string of the molecule is COC(=O)C1=C(N2CCCCC2)O/C(=C\c2c[nH]c3ncccc23)C1=O. The van der Waals surface area contributed by atoms with Gasteiger partial charge >= 0.3 is 5.97 Å². The summed E-state index contributed by atoms with van der Waals surface area (Å²) in [5.41, 5.74) is 1.47. The van der Waals surface area contributed by atoms with Crippen LogP contribution in [0.3, 0.4) is 0 Å². The summed E-state index contributed by atoms with van der Waals surface area (Å²) in [6, 6.07) is 3.73. The first kappa shape index (κ1) is 16.4. The molecular weight excluding hydrogens is 334 g/mol. The van der Waals surface area contributed by atoms with Gasteiger partial charge < -0.3 is 19.4 Å². The molecule has 2 aromatic rings. The van der Waals surface area contributed by atoms with E-state index in [0.717, 1.165) is 48.9 Å². The molecule has 2 aliphatic heterocycles. The smallest absolute Gasteiger partial charge is 0.347 e. The van der Waals surface area contributed by atoms with Crippen molar-refractivity contribution in [2.45, 2.75) is 19.3 Å². The Labute approximate surface area is 150 Å². The number of methoxy groups -OCH3 is 1. The molecule has 0 radical (unpaired) electrons. The highest BCUT2D eigenvalue weighted by atomic mass is 16.5. The Morgan fingerprint density at radius 1 is 1.35 bits per heavy atom. The number of allylic oxidation sites excluding steroid dienone is 1. The van der Waals surface area contributed by atoms with Crippen LogP contribution in [0, 0.1) is 0 Å². The zero-order chi connectivity index (χ0) is 18.1. The van der Waals surface area contributed by atoms with Crippen molar-refractivity contribution in [2.75, 3.05) is 20.2 Å². The maximum atomic E-state index is 12.8. The van der Waals surface area contributed by atoms with E-state index in [4.69, 9.17) is 9.47 Å². The molecule has 2 aliphatic rings. The van der Waals surface area contributed by atoms with Crippen LogP contribution < -0.4 is 0 Å². The van der Waals surface area contributed by atoms with Crippen molar-refractivity contribution >= 4 is 28.9 Å². The van der Waals surface area contributed by atoms with Crippen molar-refractivity contribution < 1.29 is 19.1 Å². The third-order valence-corrected chi connectivity index (χ3v) is 4.67. The predicted molar refractivity (Wildman–Crippen MR) is 94.6 cm³/mol. The van der Waals surface area contributed by atoms with Crippen LogP contribution in [0.1, 0.15) is 24.8 Å². The van der Waals surface area contributed by atoms with Crippen molar-refractivity contribution in [3.63, 3.8) is 0 Å². The molecule has 1 N–H and O–H groups in total. The molecule has 0 spiro atoms. The van der Waals surface area contributed by atoms with Crippen LogP contribution in [0.15, 0.2) is 41.7 Å². The number of Topliss-reactive ketones (excluding diaryl/α,β-unsaturated/α-hetero) is 1. The van der Waals surface area contributed by atoms with Crippen LogP contribution in [0.5, 0.6) is 0 Å². The maximum Gasteiger partial charge on any atom is 0.347 e. The minimum absolute atomic E-state index is 0.0291. The zero-order valence-corrected chi connectivity index (χ0v) is 14.4. The summed E-state index contributed by atoms with van der Waals surface area (Å²) in [4.78, 5) is 34.2. The van der Waals surface area contributed by atoms with Gasteiger partial charge in [-0.1, -0.05) is 0 Å². The van der Waals surface area contributed by atoms with E-state index in [1.165, 1.54) is 7.11 Å². The number of fused-ring (bicyclic) bond motifs is 1. The van der Waals surface area contributed by atoms with E-state index in [1.807, 2.05) is 17.0 Å². The predicted octanol–water partition coefficient (Wildman–Crippen LogP) is 2.37. The second-order valence-corrected chi connectivity index (χ2v) is 6.30. The van der Waals surface area contributed by atoms with Crippen molar-refractivity contribution in [1.82, 2.24) is 14.9 Å². The number of aromatic nitrogens is 2. The Balaban J connectivity index is 1.72. The summed E-state index contributed by atoms with van der Waals surface area (Å²) in [5, 5.41) is 0.877. The molecule has 26 heavy (non-hydrogen) atoms. The van der Waals surface area contributed by atoms with Crippen LogP contribution in [0.4, 0.5) is 0 Å². The highest BCUT2D eigenvalue weighted by Crippen LogP contribution is 2.32. The van der Waals surface area contributed by atoms with Gasteiger partial charge in [0.15, 0.2) is 11.3 Å². The molecule has 0 unspecified atom stereocenters. The number of nitrogens with zero attached hydrogens (tertiary/aromatic N) is 2. The van der Waals surface area contributed by atoms with Crippen molar-refractivity contribution in [2.24, 2.45) is 0 Å². The average molecular weight is 353 g/mol. The monoisotopic (exact) mass is 353 g/mol. The standard InChI is InChI=1S/C19H19N3O4/c1-25-19(24)15-16(23)14(26-18(15)22-8-3-2-4-9-22)10-12-11-21-17-13(12)6-5-7-20-17/h5-7,10-11H,2-4,8-9H2,1H3,(H,20,21)/b14-10-. The number of hydrogen-bond acceptors (Lipinski definition) is 6. The summed E-state index contributed by atoms with van der Waals surface area (Å²) in [6.07, 6.45) is 8.24. The fourth-order valence-electron chi connectivity index (χ4n) is 3.36. The number of ketones is 1. The average Bonchev–Trinajstić information content (AvgIpc) is 3.24. The Morgan fingerprint density at radius 2 is 2.15 bits per heavy atom. The highest BCUT2D eigenvalue weighted by molar-refractivity contribution is 6.26. The van der Waals surface area contributed by atoms with Gasteiger partial charge in [-0.3, -0.25) is 4.79 Å². The van der Waals surface area contributed by atoms with Crippen LogP contribution in [0.25, 0.3) is 17.1 Å². The Hall–Kier alpha value is -3.09. The maximum absolute atomic E-state index is 12.8. The minimum Gasteiger partial charge on any atom is -0.465 e. The first-order valence-corrected chi connectivity index (χ1v) is 8.63. The third-order valence-electron chi connectivity index (χ3n) is 4.67. The number of hydrogen-bond donors (Lipinski definition) is 1. The number of nitrogens with one attached hydrogen (secondary N) is 1. The number of carbonyl (C=O) groups is 2. The molecule has 2 aromatic heterocycles. The second-order valence-electron chi connectivity index (χ2n) is 6.30. The lowest BCUT2D eigenvalue weighted by molar-refractivity contribution is -0.137. The summed E-state index contributed by atoms with van der Waals surface area (Å²) >= 11 is 0. The molecule has 1 saturated heterocycles. The number of aromatic amines is 1. The number of likely N-dealkylation sites (tertiary alicyclic amines) is 1. The summed E-state index contributed by atoms with van der Waals surface area (Å²) < 4.78 is 10.7. The molecule has 4 rings (SSSR count). The molecule has 0 bridgehead atoms. The Kier molecular flexibility index (Phi) is 4.20. The van der Waals surface area contributed by atoms with Gasteiger partial charge in [0.2, 0.25) is 11.7 Å². The zero-order valence-electron chi connectivity index (χ0n) is 14.4. The summed E-state index contributed by atoms with van der Waals surface area (Å²) in [6.45, 7) is 1.51. The fraction of sp³-hybridized carbons (Fsp3) is 0.316. The summed E-state index contributed by atoms with van der Waals surface area (Å²) in [7, 11) is 1.27. The minimum atomic E-state index is -0.667.